The van der Waals surface area contributed by atoms with Crippen molar-refractivity contribution in [3.05, 3.63) is 29.3 Å². The summed E-state index contributed by atoms with van der Waals surface area (Å²) in [6.07, 6.45) is 1.18. The molecule has 0 aliphatic rings. The van der Waals surface area contributed by atoms with Crippen LogP contribution in [0.2, 0.25) is 5.02 Å². The van der Waals surface area contributed by atoms with Crippen LogP contribution in [0.3, 0.4) is 0 Å². The lowest BCUT2D eigenvalue weighted by atomic mass is 10.2. The summed E-state index contributed by atoms with van der Waals surface area (Å²) in [6, 6.07) is 6.75. The summed E-state index contributed by atoms with van der Waals surface area (Å²) < 4.78 is 22.1. The van der Waals surface area contributed by atoms with Gasteiger partial charge < -0.3 is 10.6 Å². The van der Waals surface area contributed by atoms with E-state index in [4.69, 9.17) is 11.6 Å². The van der Waals surface area contributed by atoms with Crippen molar-refractivity contribution in [3.8, 4) is 0 Å². The summed E-state index contributed by atoms with van der Waals surface area (Å²) in [5.41, 5.74) is 0.642. The quantitative estimate of drug-likeness (QED) is 0.837. The SMILES string of the molecule is CC(C)(CNCC(=O)Nc1ccc(Cl)cc1)S(C)(=O)=O. The fraction of sp³-hybridized carbons (Fsp3) is 0.462. The number of sulfone groups is 1. The van der Waals surface area contributed by atoms with Crippen LogP contribution in [0.1, 0.15) is 13.8 Å². The largest absolute Gasteiger partial charge is 0.325 e. The van der Waals surface area contributed by atoms with E-state index < -0.39 is 14.6 Å². The smallest absolute Gasteiger partial charge is 0.238 e. The normalized spacial score (nSPS) is 12.2. The van der Waals surface area contributed by atoms with Crippen LogP contribution in [0.15, 0.2) is 24.3 Å². The molecule has 1 aromatic carbocycles. The molecule has 1 aromatic rings. The van der Waals surface area contributed by atoms with Gasteiger partial charge in [-0.2, -0.15) is 0 Å². The number of nitrogens with one attached hydrogen (secondary N) is 2. The molecule has 7 heteroatoms. The highest BCUT2D eigenvalue weighted by atomic mass is 35.5. The molecular weight excluding hydrogens is 300 g/mol. The highest BCUT2D eigenvalue weighted by molar-refractivity contribution is 7.92. The number of rotatable bonds is 6. The second-order valence-electron chi connectivity index (χ2n) is 5.19. The Hall–Kier alpha value is -1.11. The first kappa shape index (κ1) is 16.9. The molecule has 2 N–H and O–H groups in total. The molecule has 1 amide bonds. The number of carbonyl (C=O) groups excluding carboxylic acids is 1. The van der Waals surface area contributed by atoms with Gasteiger partial charge >= 0.3 is 0 Å². The lowest BCUT2D eigenvalue weighted by Gasteiger charge is -2.22. The van der Waals surface area contributed by atoms with Crippen molar-refractivity contribution in [1.29, 1.82) is 0 Å². The number of hydrogen-bond acceptors (Lipinski definition) is 4. The van der Waals surface area contributed by atoms with E-state index in [-0.39, 0.29) is 19.0 Å². The topological polar surface area (TPSA) is 75.3 Å². The molecule has 20 heavy (non-hydrogen) atoms. The van der Waals surface area contributed by atoms with E-state index in [1.807, 2.05) is 0 Å². The van der Waals surface area contributed by atoms with Crippen LogP contribution >= 0.6 is 11.6 Å². The highest BCUT2D eigenvalue weighted by Crippen LogP contribution is 2.14. The zero-order valence-corrected chi connectivity index (χ0v) is 13.3. The molecule has 0 atom stereocenters. The van der Waals surface area contributed by atoms with E-state index in [0.29, 0.717) is 10.7 Å². The van der Waals surface area contributed by atoms with Crippen molar-refractivity contribution >= 4 is 33.0 Å². The molecule has 0 aliphatic heterocycles. The van der Waals surface area contributed by atoms with Crippen LogP contribution < -0.4 is 10.6 Å². The van der Waals surface area contributed by atoms with E-state index in [0.717, 1.165) is 0 Å². The van der Waals surface area contributed by atoms with Crippen LogP contribution in [-0.2, 0) is 14.6 Å². The van der Waals surface area contributed by atoms with Gasteiger partial charge in [-0.05, 0) is 38.1 Å². The van der Waals surface area contributed by atoms with E-state index in [9.17, 15) is 13.2 Å². The van der Waals surface area contributed by atoms with Crippen LogP contribution in [-0.4, -0.2) is 38.4 Å². The van der Waals surface area contributed by atoms with Crippen molar-refractivity contribution in [2.45, 2.75) is 18.6 Å². The van der Waals surface area contributed by atoms with Gasteiger partial charge in [-0.1, -0.05) is 11.6 Å². The Labute approximate surface area is 124 Å². The Kier molecular flexibility index (Phi) is 5.56. The molecule has 0 saturated carbocycles. The van der Waals surface area contributed by atoms with Gasteiger partial charge in [0, 0.05) is 23.5 Å². The molecule has 5 nitrogen and oxygen atoms in total. The van der Waals surface area contributed by atoms with Crippen molar-refractivity contribution in [2.75, 3.05) is 24.7 Å². The summed E-state index contributed by atoms with van der Waals surface area (Å²) in [7, 11) is -3.17. The molecule has 0 bridgehead atoms. The molecule has 0 saturated heterocycles. The molecule has 0 unspecified atom stereocenters. The predicted octanol–water partition coefficient (Wildman–Crippen LogP) is 1.69. The number of hydrogen-bond donors (Lipinski definition) is 2. The van der Waals surface area contributed by atoms with Crippen molar-refractivity contribution in [3.63, 3.8) is 0 Å². The van der Waals surface area contributed by atoms with Crippen LogP contribution in [0.4, 0.5) is 5.69 Å². The van der Waals surface area contributed by atoms with Gasteiger partial charge in [-0.25, -0.2) is 8.42 Å². The lowest BCUT2D eigenvalue weighted by molar-refractivity contribution is -0.115. The van der Waals surface area contributed by atoms with Gasteiger partial charge in [0.25, 0.3) is 0 Å². The molecule has 0 fully saturated rings. The zero-order valence-electron chi connectivity index (χ0n) is 11.7. The van der Waals surface area contributed by atoms with Crippen LogP contribution in [0.25, 0.3) is 0 Å². The molecule has 1 rings (SSSR count). The Morgan fingerprint density at radius 3 is 2.30 bits per heavy atom. The van der Waals surface area contributed by atoms with Gasteiger partial charge in [-0.3, -0.25) is 4.79 Å². The first-order valence-electron chi connectivity index (χ1n) is 6.07. The van der Waals surface area contributed by atoms with E-state index in [1.54, 1.807) is 38.1 Å². The summed E-state index contributed by atoms with van der Waals surface area (Å²) in [5.74, 6) is -0.239. The maximum absolute atomic E-state index is 11.7. The standard InChI is InChI=1S/C13H19ClN2O3S/c1-13(2,20(3,18)19)9-15-8-12(17)16-11-6-4-10(14)5-7-11/h4-7,15H,8-9H2,1-3H3,(H,16,17). The van der Waals surface area contributed by atoms with Crippen LogP contribution in [0.5, 0.6) is 0 Å². The maximum atomic E-state index is 11.7. The summed E-state index contributed by atoms with van der Waals surface area (Å²) in [6.45, 7) is 3.49. The third kappa shape index (κ3) is 5.11. The van der Waals surface area contributed by atoms with Crippen LogP contribution in [0, 0.1) is 0 Å². The Morgan fingerprint density at radius 1 is 1.25 bits per heavy atom. The Bertz CT molecular complexity index is 568. The third-order valence-electron chi connectivity index (χ3n) is 2.97. The van der Waals surface area contributed by atoms with Crippen molar-refractivity contribution in [2.24, 2.45) is 0 Å². The molecule has 0 heterocycles. The monoisotopic (exact) mass is 318 g/mol. The predicted molar refractivity (Wildman–Crippen MR) is 81.9 cm³/mol. The number of halogens is 1. The second-order valence-corrected chi connectivity index (χ2v) is 8.28. The van der Waals surface area contributed by atoms with E-state index in [2.05, 4.69) is 10.6 Å². The average molecular weight is 319 g/mol. The van der Waals surface area contributed by atoms with Crippen molar-refractivity contribution in [1.82, 2.24) is 5.32 Å². The third-order valence-corrected chi connectivity index (χ3v) is 5.37. The Morgan fingerprint density at radius 2 is 1.80 bits per heavy atom. The molecule has 112 valence electrons. The highest BCUT2D eigenvalue weighted by Gasteiger charge is 2.29. The van der Waals surface area contributed by atoms with Gasteiger partial charge in [0.1, 0.15) is 0 Å². The zero-order chi connectivity index (χ0) is 15.4. The molecule has 0 radical (unpaired) electrons. The van der Waals surface area contributed by atoms with Gasteiger partial charge in [0.15, 0.2) is 9.84 Å². The molecule has 0 spiro atoms. The number of carbonyl (C=O) groups is 1. The minimum absolute atomic E-state index is 0.0432. The van der Waals surface area contributed by atoms with E-state index >= 15 is 0 Å². The summed E-state index contributed by atoms with van der Waals surface area (Å²) in [5, 5.41) is 6.12. The molecular formula is C13H19ClN2O3S. The minimum atomic E-state index is -3.17. The fourth-order valence-corrected chi connectivity index (χ4v) is 1.84. The fourth-order valence-electron chi connectivity index (χ4n) is 1.35. The number of anilines is 1. The first-order chi connectivity index (χ1) is 9.12. The van der Waals surface area contributed by atoms with E-state index in [1.165, 1.54) is 6.26 Å². The first-order valence-corrected chi connectivity index (χ1v) is 8.34. The lowest BCUT2D eigenvalue weighted by Crippen LogP contribution is -2.43. The van der Waals surface area contributed by atoms with Gasteiger partial charge in [0.05, 0.1) is 11.3 Å². The average Bonchev–Trinajstić information content (AvgIpc) is 2.30. The molecule has 0 aromatic heterocycles. The Balaban J connectivity index is 2.43. The maximum Gasteiger partial charge on any atom is 0.238 e. The number of benzene rings is 1. The summed E-state index contributed by atoms with van der Waals surface area (Å²) in [4.78, 5) is 11.7. The van der Waals surface area contributed by atoms with Crippen molar-refractivity contribution < 1.29 is 13.2 Å². The van der Waals surface area contributed by atoms with Gasteiger partial charge in [-0.15, -0.1) is 0 Å². The number of amides is 1. The summed E-state index contributed by atoms with van der Waals surface area (Å²) >= 11 is 5.74. The molecule has 0 aliphatic carbocycles. The second kappa shape index (κ2) is 6.56. The minimum Gasteiger partial charge on any atom is -0.325 e. The van der Waals surface area contributed by atoms with Gasteiger partial charge in [0.2, 0.25) is 5.91 Å².